The van der Waals surface area contributed by atoms with Crippen molar-refractivity contribution < 1.29 is 24.5 Å². The van der Waals surface area contributed by atoms with Crippen LogP contribution in [-0.2, 0) is 16.0 Å². The highest BCUT2D eigenvalue weighted by Crippen LogP contribution is 2.21. The first-order chi connectivity index (χ1) is 14.9. The number of aromatic nitrogens is 1. The minimum Gasteiger partial charge on any atom is -0.489 e. The SMILES string of the molecule is Cc1ccc(OC2CCCN(CCc3c[nH]c4ccccc34)C2)cc1.O=C(O)C(=O)O. The molecule has 164 valence electrons. The summed E-state index contributed by atoms with van der Waals surface area (Å²) in [5.74, 6) is -2.65. The Labute approximate surface area is 181 Å². The van der Waals surface area contributed by atoms with E-state index in [0.29, 0.717) is 6.10 Å². The number of hydrogen-bond acceptors (Lipinski definition) is 4. The molecule has 3 N–H and O–H groups in total. The van der Waals surface area contributed by atoms with Gasteiger partial charge in [0.2, 0.25) is 0 Å². The standard InChI is InChI=1S/C22H26N2O.C2H2O4/c1-17-8-10-19(11-9-17)25-20-5-4-13-24(16-20)14-12-18-15-23-22-7-3-2-6-21(18)22;3-1(4)2(5)6/h2-3,6-11,15,20,23H,4-5,12-14,16H2,1H3;(H,3,4)(H,5,6). The molecule has 1 aliphatic rings. The molecule has 2 heterocycles. The number of para-hydroxylation sites is 1. The molecule has 7 nitrogen and oxygen atoms in total. The molecule has 1 unspecified atom stereocenters. The van der Waals surface area contributed by atoms with Gasteiger partial charge in [0.15, 0.2) is 0 Å². The molecule has 2 aromatic carbocycles. The molecule has 1 aliphatic heterocycles. The molecule has 7 heteroatoms. The largest absolute Gasteiger partial charge is 0.489 e. The second kappa shape index (κ2) is 10.6. The molecular weight excluding hydrogens is 396 g/mol. The Morgan fingerprint density at radius 2 is 1.81 bits per heavy atom. The highest BCUT2D eigenvalue weighted by molar-refractivity contribution is 6.27. The fourth-order valence-corrected chi connectivity index (χ4v) is 3.74. The van der Waals surface area contributed by atoms with E-state index in [0.717, 1.165) is 31.7 Å². The van der Waals surface area contributed by atoms with Crippen LogP contribution < -0.4 is 4.74 Å². The molecule has 1 aromatic heterocycles. The number of ether oxygens (including phenoxy) is 1. The number of nitrogens with one attached hydrogen (secondary N) is 1. The number of carbonyl (C=O) groups is 2. The van der Waals surface area contributed by atoms with E-state index in [1.165, 1.54) is 35.0 Å². The maximum absolute atomic E-state index is 9.10. The molecule has 0 bridgehead atoms. The highest BCUT2D eigenvalue weighted by atomic mass is 16.5. The van der Waals surface area contributed by atoms with Crippen LogP contribution in [0.15, 0.2) is 54.7 Å². The minimum absolute atomic E-state index is 0.305. The van der Waals surface area contributed by atoms with Gasteiger partial charge in [-0.2, -0.15) is 0 Å². The average molecular weight is 424 g/mol. The molecule has 4 rings (SSSR count). The Kier molecular flexibility index (Phi) is 7.67. The normalized spacial score (nSPS) is 16.4. The van der Waals surface area contributed by atoms with Crippen molar-refractivity contribution in [1.29, 1.82) is 0 Å². The molecule has 3 aromatic rings. The average Bonchev–Trinajstić information content (AvgIpc) is 3.18. The van der Waals surface area contributed by atoms with Gasteiger partial charge in [0.1, 0.15) is 11.9 Å². The number of fused-ring (bicyclic) bond motifs is 1. The van der Waals surface area contributed by atoms with Crippen molar-refractivity contribution in [2.24, 2.45) is 0 Å². The lowest BCUT2D eigenvalue weighted by Crippen LogP contribution is -2.41. The molecular formula is C24H28N2O5. The summed E-state index contributed by atoms with van der Waals surface area (Å²) in [6, 6.07) is 17.0. The summed E-state index contributed by atoms with van der Waals surface area (Å²) >= 11 is 0. The number of nitrogens with zero attached hydrogens (tertiary/aromatic N) is 1. The van der Waals surface area contributed by atoms with E-state index < -0.39 is 11.9 Å². The predicted molar refractivity (Wildman–Crippen MR) is 119 cm³/mol. The van der Waals surface area contributed by atoms with Crippen LogP contribution in [-0.4, -0.2) is 57.8 Å². The number of likely N-dealkylation sites (tertiary alicyclic amines) is 1. The van der Waals surface area contributed by atoms with E-state index in [-0.39, 0.29) is 0 Å². The van der Waals surface area contributed by atoms with Crippen molar-refractivity contribution in [3.05, 3.63) is 65.9 Å². The highest BCUT2D eigenvalue weighted by Gasteiger charge is 2.21. The zero-order valence-corrected chi connectivity index (χ0v) is 17.6. The van der Waals surface area contributed by atoms with E-state index in [2.05, 4.69) is 71.5 Å². The lowest BCUT2D eigenvalue weighted by molar-refractivity contribution is -0.159. The molecule has 0 aliphatic carbocycles. The molecule has 0 saturated carbocycles. The van der Waals surface area contributed by atoms with Crippen LogP contribution in [0.25, 0.3) is 10.9 Å². The van der Waals surface area contributed by atoms with Crippen LogP contribution >= 0.6 is 0 Å². The minimum atomic E-state index is -1.82. The van der Waals surface area contributed by atoms with Gasteiger partial charge in [0.25, 0.3) is 0 Å². The van der Waals surface area contributed by atoms with Gasteiger partial charge in [-0.3, -0.25) is 4.90 Å². The topological polar surface area (TPSA) is 103 Å². The third-order valence-corrected chi connectivity index (χ3v) is 5.34. The van der Waals surface area contributed by atoms with Crippen molar-refractivity contribution in [1.82, 2.24) is 9.88 Å². The van der Waals surface area contributed by atoms with Crippen LogP contribution in [0, 0.1) is 6.92 Å². The first-order valence-electron chi connectivity index (χ1n) is 10.4. The van der Waals surface area contributed by atoms with Crippen LogP contribution in [0.5, 0.6) is 5.75 Å². The van der Waals surface area contributed by atoms with Gasteiger partial charge in [-0.15, -0.1) is 0 Å². The Morgan fingerprint density at radius 1 is 1.10 bits per heavy atom. The summed E-state index contributed by atoms with van der Waals surface area (Å²) in [6.07, 6.45) is 5.91. The van der Waals surface area contributed by atoms with E-state index in [1.807, 2.05) is 0 Å². The molecule has 1 fully saturated rings. The van der Waals surface area contributed by atoms with E-state index >= 15 is 0 Å². The van der Waals surface area contributed by atoms with Crippen molar-refractivity contribution >= 4 is 22.8 Å². The number of benzene rings is 2. The van der Waals surface area contributed by atoms with Gasteiger partial charge in [0, 0.05) is 30.2 Å². The summed E-state index contributed by atoms with van der Waals surface area (Å²) in [5.41, 5.74) is 3.92. The van der Waals surface area contributed by atoms with Gasteiger partial charge in [-0.1, -0.05) is 35.9 Å². The van der Waals surface area contributed by atoms with Crippen LogP contribution in [0.3, 0.4) is 0 Å². The maximum Gasteiger partial charge on any atom is 0.414 e. The number of aromatic amines is 1. The first-order valence-corrected chi connectivity index (χ1v) is 10.4. The number of hydrogen-bond donors (Lipinski definition) is 3. The fraction of sp³-hybridized carbons (Fsp3) is 0.333. The summed E-state index contributed by atoms with van der Waals surface area (Å²) < 4.78 is 6.20. The Bertz CT molecular complexity index is 1000. The van der Waals surface area contributed by atoms with Crippen molar-refractivity contribution in [3.8, 4) is 5.75 Å². The van der Waals surface area contributed by atoms with Crippen LogP contribution in [0.1, 0.15) is 24.0 Å². The van der Waals surface area contributed by atoms with E-state index in [9.17, 15) is 0 Å². The number of rotatable bonds is 5. The first kappa shape index (κ1) is 22.4. The third kappa shape index (κ3) is 6.58. The molecule has 1 saturated heterocycles. The summed E-state index contributed by atoms with van der Waals surface area (Å²) in [6.45, 7) is 5.40. The van der Waals surface area contributed by atoms with Gasteiger partial charge in [-0.05, 0) is 56.5 Å². The monoisotopic (exact) mass is 424 g/mol. The number of carboxylic acids is 2. The Morgan fingerprint density at radius 3 is 2.52 bits per heavy atom. The Hall–Kier alpha value is -3.32. The lowest BCUT2D eigenvalue weighted by Gasteiger charge is -2.32. The second-order valence-electron chi connectivity index (χ2n) is 7.72. The zero-order valence-electron chi connectivity index (χ0n) is 17.6. The van der Waals surface area contributed by atoms with Crippen molar-refractivity contribution in [3.63, 3.8) is 0 Å². The molecule has 0 amide bonds. The molecule has 1 atom stereocenters. The smallest absolute Gasteiger partial charge is 0.414 e. The van der Waals surface area contributed by atoms with Crippen molar-refractivity contribution in [2.45, 2.75) is 32.3 Å². The van der Waals surface area contributed by atoms with E-state index in [4.69, 9.17) is 24.5 Å². The number of aryl methyl sites for hydroxylation is 1. The quantitative estimate of drug-likeness (QED) is 0.540. The number of piperidine rings is 1. The molecule has 0 spiro atoms. The summed E-state index contributed by atoms with van der Waals surface area (Å²) in [7, 11) is 0. The fourth-order valence-electron chi connectivity index (χ4n) is 3.74. The number of H-pyrrole nitrogens is 1. The van der Waals surface area contributed by atoms with Gasteiger partial charge in [-0.25, -0.2) is 9.59 Å². The number of aliphatic carboxylic acids is 2. The third-order valence-electron chi connectivity index (χ3n) is 5.34. The lowest BCUT2D eigenvalue weighted by atomic mass is 10.1. The van der Waals surface area contributed by atoms with Gasteiger partial charge in [0.05, 0.1) is 0 Å². The second-order valence-corrected chi connectivity index (χ2v) is 7.72. The summed E-state index contributed by atoms with van der Waals surface area (Å²) in [5, 5.41) is 16.1. The molecule has 31 heavy (non-hydrogen) atoms. The molecule has 0 radical (unpaired) electrons. The van der Waals surface area contributed by atoms with Crippen LogP contribution in [0.2, 0.25) is 0 Å². The maximum atomic E-state index is 9.10. The van der Waals surface area contributed by atoms with E-state index in [1.54, 1.807) is 0 Å². The van der Waals surface area contributed by atoms with Crippen molar-refractivity contribution in [2.75, 3.05) is 19.6 Å². The number of carboxylic acid groups (broad SMARTS) is 2. The zero-order chi connectivity index (χ0) is 22.2. The Balaban J connectivity index is 0.000000401. The van der Waals surface area contributed by atoms with Gasteiger partial charge >= 0.3 is 11.9 Å². The summed E-state index contributed by atoms with van der Waals surface area (Å²) in [4.78, 5) is 24.1. The predicted octanol–water partition coefficient (Wildman–Crippen LogP) is 3.72. The van der Waals surface area contributed by atoms with Gasteiger partial charge < -0.3 is 19.9 Å². The van der Waals surface area contributed by atoms with Crippen LogP contribution in [0.4, 0.5) is 0 Å².